The maximum Gasteiger partial charge on any atom is 0.303 e. The summed E-state index contributed by atoms with van der Waals surface area (Å²) in [5.41, 5.74) is 0.362. The van der Waals surface area contributed by atoms with Crippen LogP contribution in [-0.2, 0) is 4.79 Å². The minimum Gasteiger partial charge on any atom is -0.488 e. The van der Waals surface area contributed by atoms with Gasteiger partial charge in [0, 0.05) is 18.4 Å². The predicted octanol–water partition coefficient (Wildman–Crippen LogP) is 4.22. The third-order valence-electron chi connectivity index (χ3n) is 2.47. The zero-order chi connectivity index (χ0) is 15.3. The minimum absolute atomic E-state index is 0.0399. The Bertz CT molecular complexity index is 489. The Morgan fingerprint density at radius 2 is 1.75 bits per heavy atom. The summed E-state index contributed by atoms with van der Waals surface area (Å²) in [7, 11) is 0. The molecule has 1 aromatic carbocycles. The van der Waals surface area contributed by atoms with Gasteiger partial charge in [-0.15, -0.1) is 0 Å². The summed E-state index contributed by atoms with van der Waals surface area (Å²) < 4.78 is 5.47. The van der Waals surface area contributed by atoms with Gasteiger partial charge in [0.1, 0.15) is 0 Å². The van der Waals surface area contributed by atoms with Crippen molar-refractivity contribution in [3.05, 3.63) is 27.7 Å². The van der Waals surface area contributed by atoms with Crippen LogP contribution in [-0.4, -0.2) is 23.0 Å². The van der Waals surface area contributed by atoms with Gasteiger partial charge in [-0.2, -0.15) is 0 Å². The molecule has 0 radical (unpaired) electrons. The molecule has 6 heteroatoms. The van der Waals surface area contributed by atoms with Crippen LogP contribution in [0.2, 0.25) is 10.0 Å². The number of hydrogen-bond donors (Lipinski definition) is 1. The van der Waals surface area contributed by atoms with Crippen molar-refractivity contribution in [2.45, 2.75) is 39.2 Å². The third kappa shape index (κ3) is 5.02. The zero-order valence-electron chi connectivity index (χ0n) is 11.3. The van der Waals surface area contributed by atoms with Crippen LogP contribution in [0.4, 0.5) is 0 Å². The van der Waals surface area contributed by atoms with Gasteiger partial charge in [0.05, 0.1) is 16.1 Å². The highest BCUT2D eigenvalue weighted by Gasteiger charge is 2.15. The molecule has 0 aliphatic heterocycles. The van der Waals surface area contributed by atoms with Crippen LogP contribution in [0.3, 0.4) is 0 Å². The fourth-order valence-electron chi connectivity index (χ4n) is 1.61. The first-order chi connectivity index (χ1) is 9.31. The van der Waals surface area contributed by atoms with Crippen LogP contribution in [0, 0.1) is 0 Å². The summed E-state index contributed by atoms with van der Waals surface area (Å²) in [4.78, 5) is 22.3. The number of hydrogen-bond acceptors (Lipinski definition) is 3. The number of ketones is 1. The summed E-state index contributed by atoms with van der Waals surface area (Å²) in [6.45, 7) is 3.69. The molecule has 0 aliphatic rings. The first-order valence-corrected chi connectivity index (χ1v) is 6.97. The van der Waals surface area contributed by atoms with Crippen molar-refractivity contribution in [1.82, 2.24) is 0 Å². The van der Waals surface area contributed by atoms with Crippen LogP contribution in [0.1, 0.15) is 43.5 Å². The lowest BCUT2D eigenvalue weighted by atomic mass is 10.1. The van der Waals surface area contributed by atoms with Gasteiger partial charge in [-0.1, -0.05) is 23.2 Å². The number of benzene rings is 1. The zero-order valence-corrected chi connectivity index (χ0v) is 12.8. The molecule has 110 valence electrons. The second-order valence-corrected chi connectivity index (χ2v) is 5.42. The van der Waals surface area contributed by atoms with E-state index in [4.69, 9.17) is 33.0 Å². The molecule has 0 heterocycles. The lowest BCUT2D eigenvalue weighted by Crippen LogP contribution is -2.07. The van der Waals surface area contributed by atoms with E-state index in [9.17, 15) is 9.59 Å². The fourth-order valence-corrected chi connectivity index (χ4v) is 2.19. The number of rotatable bonds is 7. The van der Waals surface area contributed by atoms with Gasteiger partial charge in [-0.3, -0.25) is 9.59 Å². The van der Waals surface area contributed by atoms with Gasteiger partial charge < -0.3 is 9.84 Å². The number of Topliss-reactive ketones (excluding diaryl/α,β-unsaturated/α-hetero) is 1. The lowest BCUT2D eigenvalue weighted by Gasteiger charge is -2.14. The van der Waals surface area contributed by atoms with E-state index in [1.807, 2.05) is 13.8 Å². The highest BCUT2D eigenvalue weighted by atomic mass is 35.5. The number of ether oxygens (including phenoxy) is 1. The number of aliphatic carboxylic acids is 1. The van der Waals surface area contributed by atoms with Gasteiger partial charge in [-0.05, 0) is 32.4 Å². The molecule has 4 nitrogen and oxygen atoms in total. The number of carbonyl (C=O) groups excluding carboxylic acids is 1. The van der Waals surface area contributed by atoms with Crippen molar-refractivity contribution in [2.24, 2.45) is 0 Å². The van der Waals surface area contributed by atoms with E-state index in [1.54, 1.807) is 0 Å². The molecule has 1 N–H and O–H groups in total. The smallest absolute Gasteiger partial charge is 0.303 e. The van der Waals surface area contributed by atoms with Crippen molar-refractivity contribution >= 4 is 35.0 Å². The molecule has 1 aromatic rings. The first-order valence-electron chi connectivity index (χ1n) is 6.22. The average molecular weight is 319 g/mol. The van der Waals surface area contributed by atoms with E-state index in [0.29, 0.717) is 11.3 Å². The lowest BCUT2D eigenvalue weighted by molar-refractivity contribution is -0.137. The summed E-state index contributed by atoms with van der Waals surface area (Å²) in [6, 6.07) is 2.99. The van der Waals surface area contributed by atoms with Crippen LogP contribution in [0.15, 0.2) is 12.1 Å². The minimum atomic E-state index is -0.922. The standard InChI is InChI=1S/C14H16Cl2O4/c1-8(2)20-14-10(15)6-9(7-11(14)16)12(17)4-3-5-13(18)19/h6-8H,3-5H2,1-2H3,(H,18,19). The summed E-state index contributed by atoms with van der Waals surface area (Å²) in [6.07, 6.45) is 0.306. The maximum atomic E-state index is 11.9. The molecule has 0 bridgehead atoms. The number of carboxylic acid groups (broad SMARTS) is 1. The monoisotopic (exact) mass is 318 g/mol. The second kappa shape index (κ2) is 7.50. The van der Waals surface area contributed by atoms with E-state index in [1.165, 1.54) is 12.1 Å². The molecule has 0 aromatic heterocycles. The number of carbonyl (C=O) groups is 2. The van der Waals surface area contributed by atoms with E-state index < -0.39 is 5.97 Å². The van der Waals surface area contributed by atoms with Crippen LogP contribution in [0.25, 0.3) is 0 Å². The first kappa shape index (κ1) is 16.8. The normalized spacial score (nSPS) is 10.7. The van der Waals surface area contributed by atoms with Crippen LogP contribution < -0.4 is 4.74 Å². The molecule has 0 amide bonds. The Morgan fingerprint density at radius 1 is 1.20 bits per heavy atom. The average Bonchev–Trinajstić information content (AvgIpc) is 2.32. The molecule has 1 rings (SSSR count). The molecule has 0 unspecified atom stereocenters. The second-order valence-electron chi connectivity index (χ2n) is 4.61. The maximum absolute atomic E-state index is 11.9. The van der Waals surface area contributed by atoms with E-state index in [2.05, 4.69) is 0 Å². The predicted molar refractivity (Wildman–Crippen MR) is 78.0 cm³/mol. The van der Waals surface area contributed by atoms with Crippen molar-refractivity contribution in [2.75, 3.05) is 0 Å². The van der Waals surface area contributed by atoms with Crippen molar-refractivity contribution in [3.8, 4) is 5.75 Å². The largest absolute Gasteiger partial charge is 0.488 e. The Hall–Kier alpha value is -1.26. The van der Waals surface area contributed by atoms with Crippen LogP contribution >= 0.6 is 23.2 Å². The van der Waals surface area contributed by atoms with Gasteiger partial charge >= 0.3 is 5.97 Å². The Morgan fingerprint density at radius 3 is 2.20 bits per heavy atom. The van der Waals surface area contributed by atoms with Crippen molar-refractivity contribution in [1.29, 1.82) is 0 Å². The van der Waals surface area contributed by atoms with Gasteiger partial charge in [0.2, 0.25) is 0 Å². The molecule has 20 heavy (non-hydrogen) atoms. The highest BCUT2D eigenvalue weighted by molar-refractivity contribution is 6.37. The van der Waals surface area contributed by atoms with Crippen molar-refractivity contribution in [3.63, 3.8) is 0 Å². The Kier molecular flexibility index (Phi) is 6.30. The van der Waals surface area contributed by atoms with Crippen LogP contribution in [0.5, 0.6) is 5.75 Å². The van der Waals surface area contributed by atoms with Crippen molar-refractivity contribution < 1.29 is 19.4 Å². The SMILES string of the molecule is CC(C)Oc1c(Cl)cc(C(=O)CCCC(=O)O)cc1Cl. The molecule has 0 aliphatic carbocycles. The van der Waals surface area contributed by atoms with Gasteiger partial charge in [0.25, 0.3) is 0 Å². The Balaban J connectivity index is 2.82. The molecule has 0 spiro atoms. The molecule has 0 saturated heterocycles. The highest BCUT2D eigenvalue weighted by Crippen LogP contribution is 2.35. The molecular weight excluding hydrogens is 303 g/mol. The summed E-state index contributed by atoms with van der Waals surface area (Å²) in [5.74, 6) is -0.758. The molecule has 0 atom stereocenters. The quantitative estimate of drug-likeness (QED) is 0.764. The Labute approximate surface area is 127 Å². The molecule has 0 fully saturated rings. The van der Waals surface area contributed by atoms with E-state index in [-0.39, 0.29) is 41.2 Å². The molecular formula is C14H16Cl2O4. The summed E-state index contributed by atoms with van der Waals surface area (Å²) in [5, 5.41) is 9.08. The van der Waals surface area contributed by atoms with E-state index in [0.717, 1.165) is 0 Å². The van der Waals surface area contributed by atoms with E-state index >= 15 is 0 Å². The number of halogens is 2. The van der Waals surface area contributed by atoms with Gasteiger partial charge in [-0.25, -0.2) is 0 Å². The topological polar surface area (TPSA) is 63.6 Å². The number of carboxylic acids is 1. The van der Waals surface area contributed by atoms with Gasteiger partial charge in [0.15, 0.2) is 11.5 Å². The fraction of sp³-hybridized carbons (Fsp3) is 0.429. The summed E-state index contributed by atoms with van der Waals surface area (Å²) >= 11 is 12.1. The third-order valence-corrected chi connectivity index (χ3v) is 3.03. The molecule has 0 saturated carbocycles.